The number of pyridine rings is 1. The van der Waals surface area contributed by atoms with Crippen molar-refractivity contribution in [2.75, 3.05) is 12.4 Å². The molecule has 0 spiro atoms. The summed E-state index contributed by atoms with van der Waals surface area (Å²) in [5.41, 5.74) is 3.15. The van der Waals surface area contributed by atoms with Crippen LogP contribution in [0.15, 0.2) is 48.9 Å². The molecule has 3 aromatic rings. The Morgan fingerprint density at radius 3 is 2.78 bits per heavy atom. The molecule has 1 N–H and O–H groups in total. The van der Waals surface area contributed by atoms with Crippen LogP contribution in [0, 0.1) is 0 Å². The van der Waals surface area contributed by atoms with E-state index in [1.165, 1.54) is 0 Å². The molecule has 2 heterocycles. The predicted octanol–water partition coefficient (Wildman–Crippen LogP) is 2.73. The Morgan fingerprint density at radius 2 is 2.00 bits per heavy atom. The molecule has 18 heavy (non-hydrogen) atoms. The Kier molecular flexibility index (Phi) is 2.61. The summed E-state index contributed by atoms with van der Waals surface area (Å²) in [5.74, 6) is 0.636. The second kappa shape index (κ2) is 4.41. The van der Waals surface area contributed by atoms with Gasteiger partial charge < -0.3 is 5.32 Å². The summed E-state index contributed by atoms with van der Waals surface area (Å²) in [5, 5.41) is 3.96. The molecule has 4 heteroatoms. The number of hydrogen-bond donors (Lipinski definition) is 1. The van der Waals surface area contributed by atoms with Crippen LogP contribution in [0.1, 0.15) is 0 Å². The smallest absolute Gasteiger partial charge is 0.222 e. The predicted molar refractivity (Wildman–Crippen MR) is 72.3 cm³/mol. The van der Waals surface area contributed by atoms with Crippen molar-refractivity contribution >= 4 is 16.9 Å². The van der Waals surface area contributed by atoms with Gasteiger partial charge in [0, 0.05) is 36.6 Å². The molecule has 0 bridgehead atoms. The van der Waals surface area contributed by atoms with Crippen molar-refractivity contribution in [3.8, 4) is 11.1 Å². The van der Waals surface area contributed by atoms with Gasteiger partial charge in [-0.1, -0.05) is 12.1 Å². The van der Waals surface area contributed by atoms with E-state index in [4.69, 9.17) is 0 Å². The molecular weight excluding hydrogens is 224 g/mol. The van der Waals surface area contributed by atoms with Crippen LogP contribution in [0.5, 0.6) is 0 Å². The fourth-order valence-corrected chi connectivity index (χ4v) is 1.87. The van der Waals surface area contributed by atoms with E-state index in [9.17, 15) is 0 Å². The van der Waals surface area contributed by atoms with Gasteiger partial charge in [-0.05, 0) is 23.8 Å². The van der Waals surface area contributed by atoms with E-state index in [1.54, 1.807) is 6.20 Å². The molecule has 1 aromatic carbocycles. The van der Waals surface area contributed by atoms with Crippen LogP contribution in [0.25, 0.3) is 22.0 Å². The molecule has 0 saturated heterocycles. The molecule has 0 aliphatic heterocycles. The molecule has 0 aliphatic rings. The highest BCUT2D eigenvalue weighted by Gasteiger charge is 2.02. The number of benzene rings is 1. The largest absolute Gasteiger partial charge is 0.357 e. The zero-order valence-electron chi connectivity index (χ0n) is 9.96. The van der Waals surface area contributed by atoms with E-state index in [1.807, 2.05) is 43.7 Å². The first-order chi connectivity index (χ1) is 8.86. The van der Waals surface area contributed by atoms with Gasteiger partial charge in [0.25, 0.3) is 0 Å². The van der Waals surface area contributed by atoms with Crippen LogP contribution >= 0.6 is 0 Å². The monoisotopic (exact) mass is 236 g/mol. The van der Waals surface area contributed by atoms with Gasteiger partial charge in [0.2, 0.25) is 5.95 Å². The van der Waals surface area contributed by atoms with Crippen LogP contribution in [0.2, 0.25) is 0 Å². The highest BCUT2D eigenvalue weighted by atomic mass is 15.1. The zero-order valence-corrected chi connectivity index (χ0v) is 9.96. The normalized spacial score (nSPS) is 10.5. The summed E-state index contributed by atoms with van der Waals surface area (Å²) in [4.78, 5) is 12.7. The molecule has 0 amide bonds. The highest BCUT2D eigenvalue weighted by Crippen LogP contribution is 2.22. The minimum Gasteiger partial charge on any atom is -0.357 e. The average Bonchev–Trinajstić information content (AvgIpc) is 2.47. The molecule has 0 radical (unpaired) electrons. The maximum atomic E-state index is 4.39. The van der Waals surface area contributed by atoms with Gasteiger partial charge in [0.05, 0.1) is 5.52 Å². The number of fused-ring (bicyclic) bond motifs is 1. The minimum atomic E-state index is 0.636. The van der Waals surface area contributed by atoms with E-state index < -0.39 is 0 Å². The van der Waals surface area contributed by atoms with Gasteiger partial charge >= 0.3 is 0 Å². The molecule has 0 unspecified atom stereocenters. The molecule has 0 saturated carbocycles. The number of nitrogens with zero attached hydrogens (tertiary/aromatic N) is 3. The maximum Gasteiger partial charge on any atom is 0.222 e. The topological polar surface area (TPSA) is 50.7 Å². The lowest BCUT2D eigenvalue weighted by Crippen LogP contribution is -1.95. The standard InChI is InChI=1S/C14H12N4/c1-15-14-17-9-12-7-10(4-5-13(12)18-14)11-3-2-6-16-8-11/h2-9H,1H3,(H,15,17,18). The van der Waals surface area contributed by atoms with Crippen LogP contribution in [0.4, 0.5) is 5.95 Å². The van der Waals surface area contributed by atoms with Crippen LogP contribution in [-0.2, 0) is 0 Å². The molecule has 0 atom stereocenters. The summed E-state index contributed by atoms with van der Waals surface area (Å²) >= 11 is 0. The van der Waals surface area contributed by atoms with E-state index in [2.05, 4.69) is 26.3 Å². The van der Waals surface area contributed by atoms with Gasteiger partial charge in [-0.2, -0.15) is 0 Å². The molecule has 88 valence electrons. The fraction of sp³-hybridized carbons (Fsp3) is 0.0714. The fourth-order valence-electron chi connectivity index (χ4n) is 1.87. The van der Waals surface area contributed by atoms with E-state index in [0.717, 1.165) is 22.0 Å². The van der Waals surface area contributed by atoms with Crippen molar-refractivity contribution in [1.29, 1.82) is 0 Å². The third-order valence-corrected chi connectivity index (χ3v) is 2.80. The first-order valence-electron chi connectivity index (χ1n) is 5.72. The summed E-state index contributed by atoms with van der Waals surface area (Å²) < 4.78 is 0. The summed E-state index contributed by atoms with van der Waals surface area (Å²) in [6.07, 6.45) is 5.45. The first kappa shape index (κ1) is 10.7. The van der Waals surface area contributed by atoms with Crippen LogP contribution in [0.3, 0.4) is 0 Å². The third kappa shape index (κ3) is 1.88. The first-order valence-corrected chi connectivity index (χ1v) is 5.72. The molecule has 4 nitrogen and oxygen atoms in total. The summed E-state index contributed by atoms with van der Waals surface area (Å²) in [7, 11) is 1.81. The van der Waals surface area contributed by atoms with E-state index >= 15 is 0 Å². The van der Waals surface area contributed by atoms with Crippen LogP contribution < -0.4 is 5.32 Å². The van der Waals surface area contributed by atoms with Crippen molar-refractivity contribution in [3.63, 3.8) is 0 Å². The molecule has 3 rings (SSSR count). The number of anilines is 1. The quantitative estimate of drug-likeness (QED) is 0.743. The maximum absolute atomic E-state index is 4.39. The highest BCUT2D eigenvalue weighted by molar-refractivity contribution is 5.84. The molecule has 0 fully saturated rings. The van der Waals surface area contributed by atoms with Gasteiger partial charge in [-0.3, -0.25) is 4.98 Å². The molecule has 2 aromatic heterocycles. The summed E-state index contributed by atoms with van der Waals surface area (Å²) in [6, 6.07) is 10.1. The SMILES string of the molecule is CNc1ncc2cc(-c3cccnc3)ccc2n1. The van der Waals surface area contributed by atoms with Crippen molar-refractivity contribution in [3.05, 3.63) is 48.9 Å². The lowest BCUT2D eigenvalue weighted by molar-refractivity contribution is 1.19. The Labute approximate surface area is 105 Å². The zero-order chi connectivity index (χ0) is 12.4. The number of aromatic nitrogens is 3. The molecular formula is C14H12N4. The Morgan fingerprint density at radius 1 is 1.06 bits per heavy atom. The van der Waals surface area contributed by atoms with Crippen molar-refractivity contribution < 1.29 is 0 Å². The summed E-state index contributed by atoms with van der Waals surface area (Å²) in [6.45, 7) is 0. The second-order valence-electron chi connectivity index (χ2n) is 3.96. The number of nitrogens with one attached hydrogen (secondary N) is 1. The lowest BCUT2D eigenvalue weighted by atomic mass is 10.1. The van der Waals surface area contributed by atoms with Crippen LogP contribution in [-0.4, -0.2) is 22.0 Å². The van der Waals surface area contributed by atoms with Gasteiger partial charge in [-0.25, -0.2) is 9.97 Å². The van der Waals surface area contributed by atoms with Crippen molar-refractivity contribution in [1.82, 2.24) is 15.0 Å². The Balaban J connectivity index is 2.12. The van der Waals surface area contributed by atoms with Gasteiger partial charge in [0.15, 0.2) is 0 Å². The minimum absolute atomic E-state index is 0.636. The lowest BCUT2D eigenvalue weighted by Gasteiger charge is -2.04. The average molecular weight is 236 g/mol. The van der Waals surface area contributed by atoms with E-state index in [-0.39, 0.29) is 0 Å². The van der Waals surface area contributed by atoms with Crippen molar-refractivity contribution in [2.24, 2.45) is 0 Å². The number of hydrogen-bond acceptors (Lipinski definition) is 4. The van der Waals surface area contributed by atoms with Gasteiger partial charge in [0.1, 0.15) is 0 Å². The molecule has 0 aliphatic carbocycles. The number of rotatable bonds is 2. The third-order valence-electron chi connectivity index (χ3n) is 2.80. The van der Waals surface area contributed by atoms with Crippen molar-refractivity contribution in [2.45, 2.75) is 0 Å². The van der Waals surface area contributed by atoms with E-state index in [0.29, 0.717) is 5.95 Å². The Bertz CT molecular complexity index is 680. The Hall–Kier alpha value is -2.49. The second-order valence-corrected chi connectivity index (χ2v) is 3.96. The van der Waals surface area contributed by atoms with Gasteiger partial charge in [-0.15, -0.1) is 0 Å².